The molecule has 19 nitrogen and oxygen atoms in total. The SMILES string of the molecule is COc1cc(OC[C@H](NC(=O)OC(C)(C)CNc2cc(C#N)c(C)cc2OC[C@H](NC(=O)OC(C)(C)C)C(=O)O)C(=O)O)c(N)cc1-c1nnc(C)o1. The molecule has 0 saturated carbocycles. The molecule has 3 rings (SSSR count). The molecule has 0 saturated heterocycles. The first-order valence-corrected chi connectivity index (χ1v) is 16.0. The highest BCUT2D eigenvalue weighted by Crippen LogP contribution is 2.37. The molecule has 3 aromatic rings. The smallest absolute Gasteiger partial charge is 0.408 e. The van der Waals surface area contributed by atoms with Crippen molar-refractivity contribution in [2.24, 2.45) is 0 Å². The van der Waals surface area contributed by atoms with Crippen LogP contribution in [-0.4, -0.2) is 94.7 Å². The van der Waals surface area contributed by atoms with Gasteiger partial charge in [-0.25, -0.2) is 19.2 Å². The van der Waals surface area contributed by atoms with Crippen molar-refractivity contribution < 1.29 is 57.5 Å². The molecule has 1 heterocycles. The molecule has 0 aliphatic rings. The lowest BCUT2D eigenvalue weighted by molar-refractivity contribution is -0.141. The number of carboxylic acid groups (broad SMARTS) is 2. The van der Waals surface area contributed by atoms with E-state index in [0.717, 1.165) is 0 Å². The number of nitrogen functional groups attached to an aromatic ring is 1. The van der Waals surface area contributed by atoms with Crippen molar-refractivity contribution in [2.45, 2.75) is 71.8 Å². The summed E-state index contributed by atoms with van der Waals surface area (Å²) in [5.74, 6) is -1.87. The summed E-state index contributed by atoms with van der Waals surface area (Å²) in [6.45, 7) is 10.1. The van der Waals surface area contributed by atoms with Crippen molar-refractivity contribution >= 4 is 35.5 Å². The van der Waals surface area contributed by atoms with E-state index in [-0.39, 0.29) is 46.6 Å². The number of benzene rings is 2. The minimum absolute atomic E-state index is 0.0657. The Kier molecular flexibility index (Phi) is 13.3. The second-order valence-corrected chi connectivity index (χ2v) is 13.2. The Balaban J connectivity index is 1.67. The van der Waals surface area contributed by atoms with Crippen LogP contribution in [0, 0.1) is 25.2 Å². The Labute approximate surface area is 304 Å². The number of amides is 2. The van der Waals surface area contributed by atoms with Gasteiger partial charge in [0.05, 0.1) is 42.2 Å². The number of rotatable bonds is 16. The highest BCUT2D eigenvalue weighted by Gasteiger charge is 2.29. The molecule has 0 radical (unpaired) electrons. The number of nitrogens with one attached hydrogen (secondary N) is 3. The van der Waals surface area contributed by atoms with Crippen LogP contribution in [0.3, 0.4) is 0 Å². The van der Waals surface area contributed by atoms with Crippen molar-refractivity contribution in [1.82, 2.24) is 20.8 Å². The number of hydrogen-bond acceptors (Lipinski definition) is 15. The number of aromatic nitrogens is 2. The molecule has 7 N–H and O–H groups in total. The number of aryl methyl sites for hydroxylation is 2. The van der Waals surface area contributed by atoms with Crippen molar-refractivity contribution in [2.75, 3.05) is 37.9 Å². The van der Waals surface area contributed by atoms with Gasteiger partial charge in [0.25, 0.3) is 5.89 Å². The molecule has 0 spiro atoms. The molecular formula is C34H43N7O12. The molecule has 2 amide bonds. The van der Waals surface area contributed by atoms with Gasteiger partial charge in [0, 0.05) is 13.0 Å². The van der Waals surface area contributed by atoms with E-state index in [1.807, 2.05) is 6.07 Å². The Bertz CT molecular complexity index is 1860. The summed E-state index contributed by atoms with van der Waals surface area (Å²) in [7, 11) is 1.40. The zero-order chi connectivity index (χ0) is 39.7. The van der Waals surface area contributed by atoms with Gasteiger partial charge in [-0.3, -0.25) is 0 Å². The molecule has 1 aromatic heterocycles. The molecule has 19 heteroatoms. The van der Waals surface area contributed by atoms with E-state index in [1.54, 1.807) is 34.6 Å². The molecule has 53 heavy (non-hydrogen) atoms. The number of carbonyl (C=O) groups is 4. The third-order valence-corrected chi connectivity index (χ3v) is 7.00. The second-order valence-electron chi connectivity index (χ2n) is 13.2. The Morgan fingerprint density at radius 2 is 1.47 bits per heavy atom. The number of methoxy groups -OCH3 is 1. The monoisotopic (exact) mass is 741 g/mol. The molecule has 2 atom stereocenters. The maximum atomic E-state index is 12.9. The standard InChI is InChI=1S/C34H43N7O12/c1-17-9-27(50-15-24(30(44)45)38-31(46)52-33(3,4)5)22(10-19(17)13-35)37-16-34(6,7)53-32(47)39-23(29(42)43)14-49-26-12-25(48-8)20(11-21(26)36)28-41-40-18(2)51-28/h9-12,23-24,37H,14-16,36H2,1-8H3,(H,38,46)(H,39,47)(H,42,43)(H,44,45)/t23-,24-/m0/s1. The lowest BCUT2D eigenvalue weighted by Gasteiger charge is -2.28. The number of nitrogens with zero attached hydrogens (tertiary/aromatic N) is 3. The number of carboxylic acids is 2. The number of alkyl carbamates (subject to hydrolysis) is 2. The fraction of sp³-hybridized carbons (Fsp3) is 0.441. The molecular weight excluding hydrogens is 698 g/mol. The topological polar surface area (TPSA) is 280 Å². The van der Waals surface area contributed by atoms with Crippen LogP contribution in [0.4, 0.5) is 21.0 Å². The summed E-state index contributed by atoms with van der Waals surface area (Å²) in [4.78, 5) is 48.9. The predicted molar refractivity (Wildman–Crippen MR) is 187 cm³/mol. The van der Waals surface area contributed by atoms with Gasteiger partial charge in [0.1, 0.15) is 41.7 Å². The van der Waals surface area contributed by atoms with Gasteiger partial charge in [-0.15, -0.1) is 10.2 Å². The van der Waals surface area contributed by atoms with Crippen LogP contribution in [0.15, 0.2) is 28.7 Å². The Hall–Kier alpha value is -6.45. The number of nitriles is 1. The van der Waals surface area contributed by atoms with Crippen LogP contribution in [0.25, 0.3) is 11.5 Å². The molecule has 0 aliphatic carbocycles. The summed E-state index contributed by atoms with van der Waals surface area (Å²) in [5, 5.41) is 44.3. The van der Waals surface area contributed by atoms with E-state index in [4.69, 9.17) is 33.8 Å². The van der Waals surface area contributed by atoms with Gasteiger partial charge in [0.15, 0.2) is 12.1 Å². The van der Waals surface area contributed by atoms with Gasteiger partial charge >= 0.3 is 24.1 Å². The average Bonchev–Trinajstić information content (AvgIpc) is 3.49. The number of ether oxygens (including phenoxy) is 5. The highest BCUT2D eigenvalue weighted by molar-refractivity contribution is 5.81. The van der Waals surface area contributed by atoms with Crippen LogP contribution >= 0.6 is 0 Å². The molecule has 0 unspecified atom stereocenters. The van der Waals surface area contributed by atoms with Crippen LogP contribution in [0.2, 0.25) is 0 Å². The summed E-state index contributed by atoms with van der Waals surface area (Å²) in [6.07, 6.45) is -2.04. The largest absolute Gasteiger partial charge is 0.496 e. The zero-order valence-corrected chi connectivity index (χ0v) is 30.5. The summed E-state index contributed by atoms with van der Waals surface area (Å²) in [6, 6.07) is 4.84. The van der Waals surface area contributed by atoms with Crippen molar-refractivity contribution in [3.8, 4) is 34.8 Å². The first-order valence-electron chi connectivity index (χ1n) is 16.0. The quantitative estimate of drug-likeness (QED) is 0.114. The first-order chi connectivity index (χ1) is 24.7. The van der Waals surface area contributed by atoms with Crippen molar-refractivity contribution in [3.05, 3.63) is 41.3 Å². The molecule has 0 bridgehead atoms. The lowest BCUT2D eigenvalue weighted by Crippen LogP contribution is -2.48. The van der Waals surface area contributed by atoms with Gasteiger partial charge < -0.3 is 60.0 Å². The van der Waals surface area contributed by atoms with Crippen molar-refractivity contribution in [1.29, 1.82) is 5.26 Å². The van der Waals surface area contributed by atoms with Crippen LogP contribution in [-0.2, 0) is 19.1 Å². The third-order valence-electron chi connectivity index (χ3n) is 7.00. The van der Waals surface area contributed by atoms with E-state index in [1.165, 1.54) is 45.2 Å². The summed E-state index contributed by atoms with van der Waals surface area (Å²) < 4.78 is 32.9. The Morgan fingerprint density at radius 1 is 0.887 bits per heavy atom. The number of aliphatic carboxylic acids is 2. The number of nitrogens with two attached hydrogens (primary N) is 1. The van der Waals surface area contributed by atoms with Crippen molar-refractivity contribution in [3.63, 3.8) is 0 Å². The highest BCUT2D eigenvalue weighted by atomic mass is 16.6. The molecule has 2 aromatic carbocycles. The maximum absolute atomic E-state index is 12.9. The third kappa shape index (κ3) is 12.1. The molecule has 0 fully saturated rings. The normalized spacial score (nSPS) is 12.4. The Morgan fingerprint density at radius 3 is 1.98 bits per heavy atom. The van der Waals surface area contributed by atoms with Crippen LogP contribution in [0.1, 0.15) is 51.6 Å². The van der Waals surface area contributed by atoms with Crippen LogP contribution < -0.4 is 35.9 Å². The van der Waals surface area contributed by atoms with Crippen LogP contribution in [0.5, 0.6) is 17.2 Å². The fourth-order valence-corrected chi connectivity index (χ4v) is 4.42. The summed E-state index contributed by atoms with van der Waals surface area (Å²) >= 11 is 0. The number of carbonyl (C=O) groups excluding carboxylic acids is 2. The second kappa shape index (κ2) is 17.2. The predicted octanol–water partition coefficient (Wildman–Crippen LogP) is 3.62. The molecule has 286 valence electrons. The van der Waals surface area contributed by atoms with Gasteiger partial charge in [-0.1, -0.05) is 0 Å². The fourth-order valence-electron chi connectivity index (χ4n) is 4.42. The number of hydrogen-bond donors (Lipinski definition) is 6. The van der Waals surface area contributed by atoms with E-state index >= 15 is 0 Å². The minimum Gasteiger partial charge on any atom is -0.496 e. The average molecular weight is 742 g/mol. The van der Waals surface area contributed by atoms with E-state index in [9.17, 15) is 34.7 Å². The van der Waals surface area contributed by atoms with Gasteiger partial charge in [-0.05, 0) is 65.3 Å². The van der Waals surface area contributed by atoms with E-state index < -0.39 is 60.6 Å². The van der Waals surface area contributed by atoms with E-state index in [0.29, 0.717) is 17.0 Å². The first kappa shape index (κ1) is 41.0. The maximum Gasteiger partial charge on any atom is 0.408 e. The summed E-state index contributed by atoms with van der Waals surface area (Å²) in [5.41, 5.74) is 5.52. The molecule has 0 aliphatic heterocycles. The van der Waals surface area contributed by atoms with Gasteiger partial charge in [0.2, 0.25) is 5.89 Å². The van der Waals surface area contributed by atoms with E-state index in [2.05, 4.69) is 26.1 Å². The lowest BCUT2D eigenvalue weighted by atomic mass is 10.1. The zero-order valence-electron chi connectivity index (χ0n) is 30.5. The number of anilines is 2. The van der Waals surface area contributed by atoms with Gasteiger partial charge in [-0.2, -0.15) is 5.26 Å². The minimum atomic E-state index is -1.57.